The van der Waals surface area contributed by atoms with Crippen molar-refractivity contribution >= 4 is 22.5 Å². The Balaban J connectivity index is 1.82. The van der Waals surface area contributed by atoms with Crippen molar-refractivity contribution < 1.29 is 8.78 Å². The fourth-order valence-electron chi connectivity index (χ4n) is 4.31. The van der Waals surface area contributed by atoms with Gasteiger partial charge >= 0.3 is 0 Å². The van der Waals surface area contributed by atoms with Crippen molar-refractivity contribution in [2.45, 2.75) is 38.6 Å². The van der Waals surface area contributed by atoms with Gasteiger partial charge in [0.05, 0.1) is 0 Å². The molecule has 0 N–H and O–H groups in total. The zero-order chi connectivity index (χ0) is 20.1. The van der Waals surface area contributed by atoms with Gasteiger partial charge in [-0.15, -0.1) is 0 Å². The van der Waals surface area contributed by atoms with Crippen molar-refractivity contribution in [2.75, 3.05) is 20.1 Å². The van der Waals surface area contributed by atoms with Crippen LogP contribution in [-0.2, 0) is 24.8 Å². The van der Waals surface area contributed by atoms with Crippen LogP contribution >= 0.6 is 11.6 Å². The van der Waals surface area contributed by atoms with Crippen LogP contribution in [0.4, 0.5) is 8.78 Å². The summed E-state index contributed by atoms with van der Waals surface area (Å²) in [5.74, 6) is -1.60. The van der Waals surface area contributed by atoms with Gasteiger partial charge in [0.2, 0.25) is 0 Å². The van der Waals surface area contributed by atoms with E-state index in [1.54, 1.807) is 6.07 Å². The topological polar surface area (TPSA) is 8.17 Å². The van der Waals surface area contributed by atoms with Crippen molar-refractivity contribution in [1.29, 1.82) is 0 Å². The molecule has 0 spiro atoms. The highest BCUT2D eigenvalue weighted by Crippen LogP contribution is 2.35. The third-order valence-corrected chi connectivity index (χ3v) is 6.21. The Morgan fingerprint density at radius 3 is 2.50 bits per heavy atom. The fraction of sp³-hybridized carbons (Fsp3) is 0.391. The van der Waals surface area contributed by atoms with Gasteiger partial charge in [-0.1, -0.05) is 31.5 Å². The number of likely N-dealkylation sites (N-methyl/N-ethyl adjacent to an activating group) is 1. The average molecular weight is 403 g/mol. The van der Waals surface area contributed by atoms with Crippen molar-refractivity contribution in [3.8, 4) is 0 Å². The minimum absolute atomic E-state index is 0.355. The molecule has 0 radical (unpaired) electrons. The molecule has 28 heavy (non-hydrogen) atoms. The van der Waals surface area contributed by atoms with E-state index in [-0.39, 0.29) is 5.41 Å². The van der Waals surface area contributed by atoms with Crippen LogP contribution in [0.1, 0.15) is 30.7 Å². The second-order valence-electron chi connectivity index (χ2n) is 8.49. The molecule has 0 amide bonds. The molecule has 0 aliphatic carbocycles. The predicted octanol–water partition coefficient (Wildman–Crippen LogP) is 5.58. The molecule has 2 heterocycles. The van der Waals surface area contributed by atoms with Crippen LogP contribution in [-0.4, -0.2) is 29.6 Å². The van der Waals surface area contributed by atoms with Crippen molar-refractivity contribution in [2.24, 2.45) is 0 Å². The minimum Gasteiger partial charge on any atom is -0.343 e. The Labute approximate surface area is 169 Å². The Bertz CT molecular complexity index is 1040. The smallest absolute Gasteiger partial charge is 0.159 e. The van der Waals surface area contributed by atoms with E-state index in [4.69, 9.17) is 11.6 Å². The maximum atomic E-state index is 13.9. The first-order valence-electron chi connectivity index (χ1n) is 9.70. The Hall–Kier alpha value is -1.91. The van der Waals surface area contributed by atoms with E-state index in [0.717, 1.165) is 42.0 Å². The number of halogens is 3. The lowest BCUT2D eigenvalue weighted by Crippen LogP contribution is -2.26. The molecule has 3 aromatic rings. The molecule has 4 rings (SSSR count). The number of fused-ring (bicyclic) bond motifs is 3. The molecular formula is C23H25ClF2N2. The average Bonchev–Trinajstić information content (AvgIpc) is 2.77. The zero-order valence-electron chi connectivity index (χ0n) is 16.5. The van der Waals surface area contributed by atoms with Crippen LogP contribution in [0.3, 0.4) is 0 Å². The molecule has 0 bridgehead atoms. The SMILES string of the molecule is CN1CCc2c(n(CC(C)(C)c3ccc(F)c(F)c3)c3ccc(Cl)cc23)CC1. The molecule has 2 aromatic carbocycles. The number of hydrogen-bond donors (Lipinski definition) is 0. The largest absolute Gasteiger partial charge is 0.343 e. The van der Waals surface area contributed by atoms with Gasteiger partial charge in [0, 0.05) is 53.1 Å². The standard InChI is InChI=1S/C23H25ClF2N2/c1-23(2,15-4-6-19(25)20(26)12-15)14-28-21-7-5-16(24)13-18(21)17-8-10-27(3)11-9-22(17)28/h4-7,12-13H,8-11,14H2,1-3H3. The van der Waals surface area contributed by atoms with E-state index < -0.39 is 11.6 Å². The first-order valence-corrected chi connectivity index (χ1v) is 10.1. The maximum absolute atomic E-state index is 13.9. The maximum Gasteiger partial charge on any atom is 0.159 e. The van der Waals surface area contributed by atoms with E-state index in [0.29, 0.717) is 6.54 Å². The summed E-state index contributed by atoms with van der Waals surface area (Å²) in [7, 11) is 2.15. The van der Waals surface area contributed by atoms with E-state index in [1.807, 2.05) is 6.07 Å². The van der Waals surface area contributed by atoms with Gasteiger partial charge in [-0.2, -0.15) is 0 Å². The molecule has 0 saturated carbocycles. The summed E-state index contributed by atoms with van der Waals surface area (Å²) < 4.78 is 29.6. The van der Waals surface area contributed by atoms with Gasteiger partial charge in [0.15, 0.2) is 11.6 Å². The molecule has 2 nitrogen and oxygen atoms in total. The normalized spacial score (nSPS) is 15.6. The minimum atomic E-state index is -0.808. The molecule has 1 aliphatic rings. The first kappa shape index (κ1) is 19.4. The summed E-state index contributed by atoms with van der Waals surface area (Å²) in [4.78, 5) is 2.35. The van der Waals surface area contributed by atoms with Crippen LogP contribution in [0.2, 0.25) is 5.02 Å². The fourth-order valence-corrected chi connectivity index (χ4v) is 4.48. The summed E-state index contributed by atoms with van der Waals surface area (Å²) in [6, 6.07) is 10.3. The van der Waals surface area contributed by atoms with Gasteiger partial charge in [-0.3, -0.25) is 0 Å². The molecule has 5 heteroatoms. The highest BCUT2D eigenvalue weighted by molar-refractivity contribution is 6.31. The number of rotatable bonds is 3. The third-order valence-electron chi connectivity index (χ3n) is 5.98. The van der Waals surface area contributed by atoms with E-state index in [1.165, 1.54) is 28.8 Å². The Morgan fingerprint density at radius 2 is 1.75 bits per heavy atom. The highest BCUT2D eigenvalue weighted by atomic mass is 35.5. The van der Waals surface area contributed by atoms with Gasteiger partial charge < -0.3 is 9.47 Å². The van der Waals surface area contributed by atoms with Crippen LogP contribution in [0, 0.1) is 11.6 Å². The Morgan fingerprint density at radius 1 is 1.00 bits per heavy atom. The molecule has 0 saturated heterocycles. The number of aromatic nitrogens is 1. The van der Waals surface area contributed by atoms with Crippen LogP contribution in [0.15, 0.2) is 36.4 Å². The number of nitrogens with zero attached hydrogens (tertiary/aromatic N) is 2. The lowest BCUT2D eigenvalue weighted by Gasteiger charge is -2.28. The lowest BCUT2D eigenvalue weighted by molar-refractivity contribution is 0.349. The lowest BCUT2D eigenvalue weighted by atomic mass is 9.84. The van der Waals surface area contributed by atoms with E-state index >= 15 is 0 Å². The summed E-state index contributed by atoms with van der Waals surface area (Å²) in [6.45, 7) is 6.87. The van der Waals surface area contributed by atoms with E-state index in [2.05, 4.69) is 42.5 Å². The van der Waals surface area contributed by atoms with Gasteiger partial charge in [0.1, 0.15) is 0 Å². The second kappa shape index (κ2) is 7.16. The highest BCUT2D eigenvalue weighted by Gasteiger charge is 2.27. The van der Waals surface area contributed by atoms with Crippen molar-refractivity contribution in [3.63, 3.8) is 0 Å². The summed E-state index contributed by atoms with van der Waals surface area (Å²) in [5.41, 5.74) is 4.29. The second-order valence-corrected chi connectivity index (χ2v) is 8.93. The number of benzene rings is 2. The Kier molecular flexibility index (Phi) is 4.96. The monoisotopic (exact) mass is 402 g/mol. The van der Waals surface area contributed by atoms with Gasteiger partial charge in [0.25, 0.3) is 0 Å². The number of hydrogen-bond acceptors (Lipinski definition) is 1. The quantitative estimate of drug-likeness (QED) is 0.555. The van der Waals surface area contributed by atoms with Gasteiger partial charge in [-0.05, 0) is 54.9 Å². The summed E-state index contributed by atoms with van der Waals surface area (Å²) in [6.07, 6.45) is 1.95. The van der Waals surface area contributed by atoms with Crippen molar-refractivity contribution in [1.82, 2.24) is 9.47 Å². The molecule has 0 fully saturated rings. The zero-order valence-corrected chi connectivity index (χ0v) is 17.3. The molecule has 1 aromatic heterocycles. The molecule has 148 valence electrons. The molecule has 0 atom stereocenters. The predicted molar refractivity (Wildman–Crippen MR) is 111 cm³/mol. The van der Waals surface area contributed by atoms with Crippen LogP contribution in [0.25, 0.3) is 10.9 Å². The molecule has 0 unspecified atom stereocenters. The van der Waals surface area contributed by atoms with Crippen LogP contribution < -0.4 is 0 Å². The molecule has 1 aliphatic heterocycles. The van der Waals surface area contributed by atoms with E-state index in [9.17, 15) is 8.78 Å². The van der Waals surface area contributed by atoms with Crippen LogP contribution in [0.5, 0.6) is 0 Å². The van der Waals surface area contributed by atoms with Gasteiger partial charge in [-0.25, -0.2) is 8.78 Å². The summed E-state index contributed by atoms with van der Waals surface area (Å²) >= 11 is 6.30. The van der Waals surface area contributed by atoms with Crippen molar-refractivity contribution in [3.05, 3.63) is 69.9 Å². The first-order chi connectivity index (χ1) is 13.3. The molecular weight excluding hydrogens is 378 g/mol. The third kappa shape index (κ3) is 3.44. The summed E-state index contributed by atoms with van der Waals surface area (Å²) in [5, 5.41) is 1.95.